The zero-order valence-electron chi connectivity index (χ0n) is 36.8. The fourth-order valence-electron chi connectivity index (χ4n) is 9.29. The number of hydrogen-bond acceptors (Lipinski definition) is 9. The molecule has 0 bridgehead atoms. The van der Waals surface area contributed by atoms with Crippen LogP contribution in [0.25, 0.3) is 49.7 Å². The van der Waals surface area contributed by atoms with Crippen molar-refractivity contribution < 1.29 is 28.4 Å². The highest BCUT2D eigenvalue weighted by molar-refractivity contribution is 6.09. The Morgan fingerprint density at radius 3 is 1.23 bits per heavy atom. The number of morpholine rings is 2. The fourth-order valence-corrected chi connectivity index (χ4v) is 9.29. The number of benzene rings is 7. The van der Waals surface area contributed by atoms with Gasteiger partial charge in [0, 0.05) is 48.3 Å². The van der Waals surface area contributed by atoms with E-state index in [1.54, 1.807) is 28.4 Å². The van der Waals surface area contributed by atoms with E-state index >= 15 is 0 Å². The Balaban J connectivity index is 1.07. The zero-order chi connectivity index (χ0) is 43.6. The lowest BCUT2D eigenvalue weighted by Crippen LogP contribution is -2.36. The highest BCUT2D eigenvalue weighted by Gasteiger charge is 2.24. The van der Waals surface area contributed by atoms with E-state index in [2.05, 4.69) is 165 Å². The van der Waals surface area contributed by atoms with Gasteiger partial charge in [0.15, 0.2) is 0 Å². The van der Waals surface area contributed by atoms with Crippen LogP contribution in [0, 0.1) is 0 Å². The number of hydrogen-bond donors (Lipinski definition) is 0. The lowest BCUT2D eigenvalue weighted by atomic mass is 10.0. The van der Waals surface area contributed by atoms with Crippen molar-refractivity contribution in [2.24, 2.45) is 0 Å². The molecule has 0 N–H and O–H groups in total. The summed E-state index contributed by atoms with van der Waals surface area (Å²) in [6.45, 7) is 6.12. The number of nitrogens with zero attached hydrogens (tertiary/aromatic N) is 4. The van der Waals surface area contributed by atoms with E-state index in [0.29, 0.717) is 37.9 Å². The van der Waals surface area contributed by atoms with E-state index in [4.69, 9.17) is 28.4 Å². The zero-order valence-corrected chi connectivity index (χ0v) is 36.8. The third-order valence-corrected chi connectivity index (χ3v) is 12.5. The molecule has 64 heavy (non-hydrogen) atoms. The van der Waals surface area contributed by atoms with E-state index in [9.17, 15) is 0 Å². The number of fused-ring (bicyclic) bond motifs is 3. The predicted molar refractivity (Wildman–Crippen MR) is 259 cm³/mol. The van der Waals surface area contributed by atoms with Crippen molar-refractivity contribution in [2.75, 3.05) is 95.7 Å². The van der Waals surface area contributed by atoms with Gasteiger partial charge >= 0.3 is 0 Å². The second-order valence-electron chi connectivity index (χ2n) is 16.0. The minimum Gasteiger partial charge on any atom is -0.495 e. The maximum atomic E-state index is 6.27. The van der Waals surface area contributed by atoms with Crippen LogP contribution in [-0.2, 0) is 9.47 Å². The van der Waals surface area contributed by atoms with Crippen molar-refractivity contribution in [3.63, 3.8) is 0 Å². The molecule has 0 saturated carbocycles. The first-order valence-electron chi connectivity index (χ1n) is 21.8. The second kappa shape index (κ2) is 17.9. The van der Waals surface area contributed by atoms with E-state index in [1.807, 2.05) is 0 Å². The van der Waals surface area contributed by atoms with Crippen molar-refractivity contribution in [1.29, 1.82) is 0 Å². The molecule has 2 aliphatic heterocycles. The van der Waals surface area contributed by atoms with Crippen molar-refractivity contribution >= 4 is 50.2 Å². The summed E-state index contributed by atoms with van der Waals surface area (Å²) in [4.78, 5) is 6.84. The standard InChI is InChI=1S/C54H52N4O6/c1-59-51-33-37(13-21-47(51)55-25-29-63-30-26-55)39-15-23-49(53(35-39)61-3)58(42-19-17-41(18-20-42)57-45-11-7-5-9-43(45)44-10-6-8-12-46(44)57)50-24-16-40(36-54(50)62-4)38-14-22-48(52(34-38)60-2)56-27-31-64-32-28-56/h5-24,33-36H,25-32H2,1-4H3. The summed E-state index contributed by atoms with van der Waals surface area (Å²) in [7, 11) is 6.91. The largest absolute Gasteiger partial charge is 0.495 e. The molecule has 2 fully saturated rings. The van der Waals surface area contributed by atoms with Gasteiger partial charge in [0.25, 0.3) is 0 Å². The third kappa shape index (κ3) is 7.58. The molecule has 2 aliphatic rings. The second-order valence-corrected chi connectivity index (χ2v) is 16.0. The van der Waals surface area contributed by atoms with Crippen LogP contribution in [0.15, 0.2) is 146 Å². The van der Waals surface area contributed by atoms with Crippen LogP contribution < -0.4 is 33.6 Å². The van der Waals surface area contributed by atoms with Crippen molar-refractivity contribution in [2.45, 2.75) is 0 Å². The molecule has 0 aliphatic carbocycles. The molecule has 0 unspecified atom stereocenters. The van der Waals surface area contributed by atoms with Gasteiger partial charge in [-0.15, -0.1) is 0 Å². The maximum absolute atomic E-state index is 6.27. The lowest BCUT2D eigenvalue weighted by molar-refractivity contribution is 0.122. The molecule has 0 spiro atoms. The summed E-state index contributed by atoms with van der Waals surface area (Å²) in [5.74, 6) is 3.06. The average Bonchev–Trinajstić information content (AvgIpc) is 3.71. The van der Waals surface area contributed by atoms with Gasteiger partial charge < -0.3 is 47.7 Å². The van der Waals surface area contributed by atoms with Crippen molar-refractivity contribution in [1.82, 2.24) is 4.57 Å². The van der Waals surface area contributed by atoms with Crippen molar-refractivity contribution in [3.8, 4) is 50.9 Å². The van der Waals surface area contributed by atoms with Crippen LogP contribution in [0.1, 0.15) is 0 Å². The normalized spacial score (nSPS) is 14.2. The molecule has 1 aromatic heterocycles. The first-order chi connectivity index (χ1) is 31.6. The van der Waals surface area contributed by atoms with Gasteiger partial charge in [-0.1, -0.05) is 60.7 Å². The van der Waals surface area contributed by atoms with Gasteiger partial charge in [-0.2, -0.15) is 0 Å². The highest BCUT2D eigenvalue weighted by atomic mass is 16.5. The molecule has 324 valence electrons. The van der Waals surface area contributed by atoms with E-state index < -0.39 is 0 Å². The summed E-state index contributed by atoms with van der Waals surface area (Å²) in [5, 5.41) is 2.44. The summed E-state index contributed by atoms with van der Waals surface area (Å²) >= 11 is 0. The van der Waals surface area contributed by atoms with Crippen LogP contribution in [0.2, 0.25) is 0 Å². The van der Waals surface area contributed by atoms with Crippen LogP contribution in [0.3, 0.4) is 0 Å². The van der Waals surface area contributed by atoms with E-state index in [-0.39, 0.29) is 0 Å². The Bertz CT molecular complexity index is 2760. The Morgan fingerprint density at radius 1 is 0.422 bits per heavy atom. The molecule has 10 heteroatoms. The minimum atomic E-state index is 0.702. The van der Waals surface area contributed by atoms with Crippen LogP contribution in [0.4, 0.5) is 28.4 Å². The fraction of sp³-hybridized carbons (Fsp3) is 0.222. The van der Waals surface area contributed by atoms with Gasteiger partial charge in [-0.25, -0.2) is 0 Å². The van der Waals surface area contributed by atoms with E-state index in [0.717, 1.165) is 105 Å². The van der Waals surface area contributed by atoms with Crippen LogP contribution in [0.5, 0.6) is 23.0 Å². The molecule has 7 aromatic carbocycles. The Kier molecular flexibility index (Phi) is 11.5. The van der Waals surface area contributed by atoms with Gasteiger partial charge in [0.1, 0.15) is 23.0 Å². The van der Waals surface area contributed by atoms with Crippen LogP contribution >= 0.6 is 0 Å². The summed E-state index contributed by atoms with van der Waals surface area (Å²) in [5.41, 5.74) is 12.2. The quantitative estimate of drug-likeness (QED) is 0.119. The summed E-state index contributed by atoms with van der Waals surface area (Å²) < 4.78 is 38.0. The smallest absolute Gasteiger partial charge is 0.143 e. The highest BCUT2D eigenvalue weighted by Crippen LogP contribution is 2.48. The van der Waals surface area contributed by atoms with Crippen LogP contribution in [-0.4, -0.2) is 85.6 Å². The molecule has 10 rings (SSSR count). The molecule has 8 aromatic rings. The Labute approximate surface area is 374 Å². The first kappa shape index (κ1) is 40.9. The molecule has 0 amide bonds. The summed E-state index contributed by atoms with van der Waals surface area (Å²) in [6, 6.07) is 51.4. The van der Waals surface area contributed by atoms with E-state index in [1.165, 1.54) is 10.8 Å². The predicted octanol–water partition coefficient (Wildman–Crippen LogP) is 11.3. The SMILES string of the molecule is COc1cc(-c2ccc(N(c3ccc(-n4c5ccccc5c5ccccc54)cc3)c3ccc(-c4ccc(N5CCOCC5)c(OC)c4)cc3OC)c(OC)c2)ccc1N1CCOCC1. The van der Waals surface area contributed by atoms with Gasteiger partial charge in [0.2, 0.25) is 0 Å². The third-order valence-electron chi connectivity index (χ3n) is 12.5. The Morgan fingerprint density at radius 2 is 0.812 bits per heavy atom. The maximum Gasteiger partial charge on any atom is 0.143 e. The Hall–Kier alpha value is -7.14. The average molecular weight is 853 g/mol. The van der Waals surface area contributed by atoms with Gasteiger partial charge in [-0.3, -0.25) is 0 Å². The molecular formula is C54H52N4O6. The van der Waals surface area contributed by atoms with Gasteiger partial charge in [-0.05, 0) is 107 Å². The number of aromatic nitrogens is 1. The van der Waals surface area contributed by atoms with Gasteiger partial charge in [0.05, 0.1) is 88.6 Å². The summed E-state index contributed by atoms with van der Waals surface area (Å²) in [6.07, 6.45) is 0. The lowest BCUT2D eigenvalue weighted by Gasteiger charge is -2.30. The van der Waals surface area contributed by atoms with Crippen molar-refractivity contribution in [3.05, 3.63) is 146 Å². The molecule has 10 nitrogen and oxygen atoms in total. The molecule has 0 radical (unpaired) electrons. The first-order valence-corrected chi connectivity index (χ1v) is 21.8. The molecule has 3 heterocycles. The topological polar surface area (TPSA) is 70.0 Å². The number of para-hydroxylation sites is 2. The number of methoxy groups -OCH3 is 4. The number of rotatable bonds is 12. The molecule has 0 atom stereocenters. The number of anilines is 5. The monoisotopic (exact) mass is 852 g/mol. The molecular weight excluding hydrogens is 801 g/mol. The minimum absolute atomic E-state index is 0.702. The molecule has 2 saturated heterocycles. The number of ether oxygens (including phenoxy) is 6.